The number of methoxy groups -OCH3 is 2. The summed E-state index contributed by atoms with van der Waals surface area (Å²) in [6.07, 6.45) is 5.92. The molecule has 7 rings (SSSR count). The summed E-state index contributed by atoms with van der Waals surface area (Å²) in [5.74, 6) is 1.08. The van der Waals surface area contributed by atoms with E-state index in [0.717, 1.165) is 75.5 Å². The second-order valence-electron chi connectivity index (χ2n) is 15.4. The molecule has 2 fully saturated rings. The van der Waals surface area contributed by atoms with Gasteiger partial charge in [-0.05, 0) is 54.0 Å². The van der Waals surface area contributed by atoms with Gasteiger partial charge in [-0.2, -0.15) is 0 Å². The Morgan fingerprint density at radius 3 is 2.05 bits per heavy atom. The highest BCUT2D eigenvalue weighted by Crippen LogP contribution is 2.39. The molecular weight excluding hydrogens is 735 g/mol. The van der Waals surface area contributed by atoms with Crippen LogP contribution in [0, 0.1) is 11.8 Å². The van der Waals surface area contributed by atoms with Crippen LogP contribution in [-0.2, 0) is 19.1 Å². The molecule has 0 saturated carbocycles. The van der Waals surface area contributed by atoms with Crippen LogP contribution >= 0.6 is 11.3 Å². The van der Waals surface area contributed by atoms with Crippen molar-refractivity contribution in [2.24, 2.45) is 16.8 Å². The van der Waals surface area contributed by atoms with Crippen molar-refractivity contribution >= 4 is 51.4 Å². The average Bonchev–Trinajstić information content (AvgIpc) is 4.04. The molecule has 0 aliphatic carbocycles. The maximum atomic E-state index is 13.6. The number of H-pyrrole nitrogens is 2. The number of alkyl carbamates (subject to hydrolysis) is 2. The average molecular weight is 786 g/mol. The molecule has 5 N–H and O–H groups in total. The minimum Gasteiger partial charge on any atom is -0.453 e. The summed E-state index contributed by atoms with van der Waals surface area (Å²) in [4.78, 5) is 71.4. The van der Waals surface area contributed by atoms with Gasteiger partial charge in [-0.25, -0.2) is 14.6 Å². The van der Waals surface area contributed by atoms with E-state index in [2.05, 4.69) is 55.6 Å². The van der Waals surface area contributed by atoms with E-state index in [1.807, 2.05) is 49.9 Å². The van der Waals surface area contributed by atoms with Crippen LogP contribution in [0.1, 0.15) is 76.8 Å². The van der Waals surface area contributed by atoms with Crippen LogP contribution in [-0.4, -0.2) is 107 Å². The lowest BCUT2D eigenvalue weighted by molar-refractivity contribution is -0.135. The molecule has 0 bridgehead atoms. The monoisotopic (exact) mass is 785 g/mol. The van der Waals surface area contributed by atoms with Gasteiger partial charge in [0.05, 0.1) is 61.0 Å². The largest absolute Gasteiger partial charge is 0.453 e. The molecule has 6 heterocycles. The zero-order chi connectivity index (χ0) is 39.7. The van der Waals surface area contributed by atoms with Gasteiger partial charge in [0.2, 0.25) is 11.8 Å². The number of aromatic amines is 2. The minimum atomic E-state index is -0.688. The molecular formula is C40H51N9O6S. The third-order valence-corrected chi connectivity index (χ3v) is 12.2. The van der Waals surface area contributed by atoms with Gasteiger partial charge in [0.25, 0.3) is 0 Å². The van der Waals surface area contributed by atoms with Crippen LogP contribution in [0.4, 0.5) is 9.59 Å². The van der Waals surface area contributed by atoms with Gasteiger partial charge in [0, 0.05) is 30.4 Å². The first-order valence-corrected chi connectivity index (χ1v) is 20.2. The van der Waals surface area contributed by atoms with E-state index < -0.39 is 24.3 Å². The number of amides is 4. The lowest BCUT2D eigenvalue weighted by Gasteiger charge is -2.31. The Labute approximate surface area is 330 Å². The zero-order valence-corrected chi connectivity index (χ0v) is 33.5. The second kappa shape index (κ2) is 16.4. The van der Waals surface area contributed by atoms with Crippen molar-refractivity contribution in [2.45, 2.75) is 83.6 Å². The number of benzene rings is 1. The Bertz CT molecular complexity index is 2100. The number of amidine groups is 1. The van der Waals surface area contributed by atoms with Crippen molar-refractivity contribution in [2.75, 3.05) is 33.9 Å². The third kappa shape index (κ3) is 7.58. The Kier molecular flexibility index (Phi) is 11.4. The molecule has 3 aliphatic rings. The van der Waals surface area contributed by atoms with Crippen molar-refractivity contribution in [1.82, 2.24) is 40.7 Å². The maximum absolute atomic E-state index is 13.6. The van der Waals surface area contributed by atoms with Crippen molar-refractivity contribution in [1.29, 1.82) is 0 Å². The fourth-order valence-corrected chi connectivity index (χ4v) is 9.23. The van der Waals surface area contributed by atoms with Gasteiger partial charge < -0.3 is 45.2 Å². The van der Waals surface area contributed by atoms with E-state index >= 15 is 0 Å². The highest BCUT2D eigenvalue weighted by Gasteiger charge is 2.40. The lowest BCUT2D eigenvalue weighted by Crippen LogP contribution is -2.54. The van der Waals surface area contributed by atoms with Crippen LogP contribution in [0.5, 0.6) is 0 Å². The van der Waals surface area contributed by atoms with Gasteiger partial charge >= 0.3 is 12.2 Å². The van der Waals surface area contributed by atoms with E-state index in [4.69, 9.17) is 19.5 Å². The van der Waals surface area contributed by atoms with Gasteiger partial charge in [-0.1, -0.05) is 52.0 Å². The minimum absolute atomic E-state index is 0.0275. The Hall–Kier alpha value is -5.38. The smallest absolute Gasteiger partial charge is 0.407 e. The first-order valence-electron chi connectivity index (χ1n) is 19.3. The van der Waals surface area contributed by atoms with Gasteiger partial charge in [-0.15, -0.1) is 11.3 Å². The molecule has 3 unspecified atom stereocenters. The van der Waals surface area contributed by atoms with Crippen molar-refractivity contribution in [3.05, 3.63) is 53.4 Å². The molecule has 5 atom stereocenters. The third-order valence-electron chi connectivity index (χ3n) is 11.2. The first-order chi connectivity index (χ1) is 27.0. The summed E-state index contributed by atoms with van der Waals surface area (Å²) < 4.78 is 10.7. The highest BCUT2D eigenvalue weighted by molar-refractivity contribution is 7.18. The number of fused-ring (bicyclic) bond motifs is 1. The lowest BCUT2D eigenvalue weighted by atomic mass is 10.0. The number of rotatable bonds is 11. The predicted molar refractivity (Wildman–Crippen MR) is 214 cm³/mol. The predicted octanol–water partition coefficient (Wildman–Crippen LogP) is 5.75. The van der Waals surface area contributed by atoms with E-state index in [-0.39, 0.29) is 41.8 Å². The first kappa shape index (κ1) is 38.9. The number of imidazole rings is 1. The molecule has 15 nitrogen and oxygen atoms in total. The zero-order valence-electron chi connectivity index (χ0n) is 32.7. The van der Waals surface area contributed by atoms with Crippen molar-refractivity contribution in [3.63, 3.8) is 0 Å². The van der Waals surface area contributed by atoms with Crippen LogP contribution in [0.15, 0.2) is 47.0 Å². The number of nitrogens with zero attached hydrogens (tertiary/aromatic N) is 4. The Balaban J connectivity index is 1.01. The van der Waals surface area contributed by atoms with E-state index in [0.29, 0.717) is 19.6 Å². The number of carbonyl (C=O) groups is 4. The topological polar surface area (TPSA) is 186 Å². The fraction of sp³-hybridized carbons (Fsp3) is 0.500. The SMILES string of the molecule is COC(=O)N[C@H](C(=O)N1CCCC1C1=NCC(c2csc3c(-c4ccc(-c5cnc(C6CCCN6C(=O)[C@@H](NC(=O)OC)C(C)C)[nH]5)cc4)c[nH]c23)N1)C(C)C. The summed E-state index contributed by atoms with van der Waals surface area (Å²) in [7, 11) is 2.59. The van der Waals surface area contributed by atoms with E-state index in [9.17, 15) is 19.2 Å². The number of nitrogens with one attached hydrogen (secondary N) is 5. The highest BCUT2D eigenvalue weighted by atomic mass is 32.1. The van der Waals surface area contributed by atoms with Crippen LogP contribution in [0.2, 0.25) is 0 Å². The van der Waals surface area contributed by atoms with Crippen LogP contribution in [0.3, 0.4) is 0 Å². The summed E-state index contributed by atoms with van der Waals surface area (Å²) in [6, 6.07) is 6.59. The summed E-state index contributed by atoms with van der Waals surface area (Å²) in [6.45, 7) is 9.40. The van der Waals surface area contributed by atoms with Crippen molar-refractivity contribution in [3.8, 4) is 22.4 Å². The van der Waals surface area contributed by atoms with Gasteiger partial charge in [-0.3, -0.25) is 14.6 Å². The number of thiophene rings is 1. The summed E-state index contributed by atoms with van der Waals surface area (Å²) in [5, 5.41) is 11.2. The van der Waals surface area contributed by atoms with E-state index in [1.54, 1.807) is 11.3 Å². The molecule has 1 aromatic carbocycles. The number of likely N-dealkylation sites (tertiary alicyclic amines) is 2. The molecule has 3 aliphatic heterocycles. The molecule has 298 valence electrons. The number of aliphatic imine (C=N–C) groups is 1. The molecule has 2 saturated heterocycles. The molecule has 4 amide bonds. The van der Waals surface area contributed by atoms with Crippen LogP contribution in [0.25, 0.3) is 32.6 Å². The maximum Gasteiger partial charge on any atom is 0.407 e. The molecule has 56 heavy (non-hydrogen) atoms. The Morgan fingerprint density at radius 2 is 1.45 bits per heavy atom. The standard InChI is InChI=1S/C40H51N9O6S/c1-21(2)31(46-39(52)54-5)37(50)48-15-7-9-29(48)35-42-18-27(44-35)24-13-11-23(12-14-24)25-17-41-33-26(20-56-34(25)33)28-19-43-36(45-28)30-10-8-16-49(30)38(51)32(22(3)4)47-40(53)55-6/h11-14,17-18,20-22,28-32,41H,7-10,15-16,19H2,1-6H3,(H,42,44)(H,43,45)(H,46,52)(H,47,53)/t28?,29?,30?,31-,32-/m0/s1. The molecule has 0 radical (unpaired) electrons. The van der Waals surface area contributed by atoms with Gasteiger partial charge in [0.1, 0.15) is 23.7 Å². The summed E-state index contributed by atoms with van der Waals surface area (Å²) >= 11 is 1.69. The fourth-order valence-electron chi connectivity index (χ4n) is 8.10. The molecule has 3 aromatic heterocycles. The summed E-state index contributed by atoms with van der Waals surface area (Å²) in [5.41, 5.74) is 6.24. The number of ether oxygens (including phenoxy) is 2. The number of aromatic nitrogens is 3. The molecule has 4 aromatic rings. The number of carbonyl (C=O) groups excluding carboxylic acids is 4. The van der Waals surface area contributed by atoms with Gasteiger partial charge in [0.15, 0.2) is 0 Å². The number of hydrogen-bond acceptors (Lipinski definition) is 10. The molecule has 0 spiro atoms. The van der Waals surface area contributed by atoms with E-state index in [1.165, 1.54) is 14.2 Å². The van der Waals surface area contributed by atoms with Crippen molar-refractivity contribution < 1.29 is 28.7 Å². The Morgan fingerprint density at radius 1 is 0.857 bits per heavy atom. The normalized spacial score (nSPS) is 20.6. The quantitative estimate of drug-likeness (QED) is 0.127. The number of hydrogen-bond donors (Lipinski definition) is 5. The second-order valence-corrected chi connectivity index (χ2v) is 16.3. The molecule has 16 heteroatoms. The van der Waals surface area contributed by atoms with Crippen LogP contribution < -0.4 is 16.0 Å².